The predicted octanol–water partition coefficient (Wildman–Crippen LogP) is -0.119. The van der Waals surface area contributed by atoms with E-state index in [1.807, 2.05) is 18.2 Å². The number of aromatic nitrogens is 1. The standard InChI is InChI=1S/C15H22N4O3/c1-12(17-14(20)11-22-2)15(21)19-9-7-18(8-10-19)13-5-3-4-6-16-13/h3-6,12H,7-11H2,1-2H3,(H,17,20)/t12-/m0/s1. The van der Waals surface area contributed by atoms with Crippen LogP contribution in [0.2, 0.25) is 0 Å². The van der Waals surface area contributed by atoms with Crippen molar-refractivity contribution in [3.05, 3.63) is 24.4 Å². The Kier molecular flexibility index (Phi) is 5.71. The molecule has 0 unspecified atom stereocenters. The molecule has 1 aliphatic rings. The third-order valence-electron chi connectivity index (χ3n) is 3.59. The van der Waals surface area contributed by atoms with Crippen molar-refractivity contribution < 1.29 is 14.3 Å². The normalized spacial score (nSPS) is 16.3. The average molecular weight is 306 g/mol. The van der Waals surface area contributed by atoms with E-state index in [0.717, 1.165) is 18.9 Å². The molecule has 0 bridgehead atoms. The summed E-state index contributed by atoms with van der Waals surface area (Å²) in [7, 11) is 1.45. The lowest BCUT2D eigenvalue weighted by molar-refractivity contribution is -0.137. The molecule has 2 rings (SSSR count). The summed E-state index contributed by atoms with van der Waals surface area (Å²) in [5.74, 6) is 0.580. The number of nitrogens with zero attached hydrogens (tertiary/aromatic N) is 3. The van der Waals surface area contributed by atoms with Gasteiger partial charge in [-0.25, -0.2) is 4.98 Å². The Morgan fingerprint density at radius 1 is 1.32 bits per heavy atom. The number of methoxy groups -OCH3 is 1. The van der Waals surface area contributed by atoms with Gasteiger partial charge in [0.25, 0.3) is 0 Å². The molecule has 1 atom stereocenters. The first-order chi connectivity index (χ1) is 10.6. The minimum absolute atomic E-state index is 0.0366. The number of piperazine rings is 1. The highest BCUT2D eigenvalue weighted by Gasteiger charge is 2.26. The number of amides is 2. The molecule has 2 heterocycles. The Morgan fingerprint density at radius 3 is 2.64 bits per heavy atom. The van der Waals surface area contributed by atoms with Crippen molar-refractivity contribution in [2.75, 3.05) is 44.8 Å². The van der Waals surface area contributed by atoms with Crippen LogP contribution < -0.4 is 10.2 Å². The molecule has 22 heavy (non-hydrogen) atoms. The lowest BCUT2D eigenvalue weighted by Gasteiger charge is -2.36. The number of ether oxygens (including phenoxy) is 1. The van der Waals surface area contributed by atoms with Gasteiger partial charge < -0.3 is 19.9 Å². The Hall–Kier alpha value is -2.15. The maximum atomic E-state index is 12.3. The summed E-state index contributed by atoms with van der Waals surface area (Å²) in [5.41, 5.74) is 0. The monoisotopic (exact) mass is 306 g/mol. The molecule has 1 aromatic heterocycles. The third kappa shape index (κ3) is 4.17. The number of hydrogen-bond donors (Lipinski definition) is 1. The molecule has 7 nitrogen and oxygen atoms in total. The first-order valence-corrected chi connectivity index (χ1v) is 7.35. The summed E-state index contributed by atoms with van der Waals surface area (Å²) in [6.07, 6.45) is 1.76. The van der Waals surface area contributed by atoms with E-state index in [4.69, 9.17) is 4.74 Å². The van der Waals surface area contributed by atoms with Crippen molar-refractivity contribution in [3.8, 4) is 0 Å². The molecule has 2 amide bonds. The molecular weight excluding hydrogens is 284 g/mol. The van der Waals surface area contributed by atoms with Crippen LogP contribution in [0.4, 0.5) is 5.82 Å². The largest absolute Gasteiger partial charge is 0.375 e. The van der Waals surface area contributed by atoms with Crippen molar-refractivity contribution in [1.29, 1.82) is 0 Å². The van der Waals surface area contributed by atoms with Gasteiger partial charge in [0.05, 0.1) is 0 Å². The van der Waals surface area contributed by atoms with E-state index in [1.54, 1.807) is 18.0 Å². The minimum atomic E-state index is -0.538. The maximum Gasteiger partial charge on any atom is 0.246 e. The van der Waals surface area contributed by atoms with Crippen molar-refractivity contribution in [2.24, 2.45) is 0 Å². The first kappa shape index (κ1) is 16.2. The smallest absolute Gasteiger partial charge is 0.246 e. The van der Waals surface area contributed by atoms with Gasteiger partial charge in [0.1, 0.15) is 18.5 Å². The van der Waals surface area contributed by atoms with Crippen LogP contribution >= 0.6 is 0 Å². The molecule has 120 valence electrons. The Balaban J connectivity index is 1.83. The number of hydrogen-bond acceptors (Lipinski definition) is 5. The molecular formula is C15H22N4O3. The Bertz CT molecular complexity index is 501. The van der Waals surface area contributed by atoms with Crippen LogP contribution in [-0.4, -0.2) is 67.6 Å². The van der Waals surface area contributed by atoms with Gasteiger partial charge in [0.15, 0.2) is 0 Å². The van der Waals surface area contributed by atoms with Gasteiger partial charge >= 0.3 is 0 Å². The predicted molar refractivity (Wildman–Crippen MR) is 82.5 cm³/mol. The molecule has 1 aliphatic heterocycles. The molecule has 1 N–H and O–H groups in total. The van der Waals surface area contributed by atoms with Gasteiger partial charge in [-0.3, -0.25) is 9.59 Å². The van der Waals surface area contributed by atoms with E-state index >= 15 is 0 Å². The van der Waals surface area contributed by atoms with Crippen LogP contribution in [0.25, 0.3) is 0 Å². The van der Waals surface area contributed by atoms with Crippen molar-refractivity contribution in [3.63, 3.8) is 0 Å². The Labute approximate surface area is 130 Å². The number of rotatable bonds is 5. The van der Waals surface area contributed by atoms with E-state index in [9.17, 15) is 9.59 Å². The van der Waals surface area contributed by atoms with Crippen LogP contribution in [-0.2, 0) is 14.3 Å². The van der Waals surface area contributed by atoms with Crippen LogP contribution in [0.1, 0.15) is 6.92 Å². The van der Waals surface area contributed by atoms with Gasteiger partial charge in [-0.1, -0.05) is 6.07 Å². The van der Waals surface area contributed by atoms with Crippen LogP contribution in [0, 0.1) is 0 Å². The fourth-order valence-corrected chi connectivity index (χ4v) is 2.45. The fourth-order valence-electron chi connectivity index (χ4n) is 2.45. The zero-order valence-electron chi connectivity index (χ0n) is 13.0. The second-order valence-corrected chi connectivity index (χ2v) is 5.22. The van der Waals surface area contributed by atoms with E-state index in [-0.39, 0.29) is 18.4 Å². The Morgan fingerprint density at radius 2 is 2.05 bits per heavy atom. The van der Waals surface area contributed by atoms with Gasteiger partial charge in [0, 0.05) is 39.5 Å². The highest BCUT2D eigenvalue weighted by atomic mass is 16.5. The zero-order chi connectivity index (χ0) is 15.9. The molecule has 1 aromatic rings. The quantitative estimate of drug-likeness (QED) is 0.821. The molecule has 0 aliphatic carbocycles. The SMILES string of the molecule is COCC(=O)N[C@@H](C)C(=O)N1CCN(c2ccccn2)CC1. The van der Waals surface area contributed by atoms with Crippen LogP contribution in [0.3, 0.4) is 0 Å². The van der Waals surface area contributed by atoms with E-state index in [1.165, 1.54) is 7.11 Å². The average Bonchev–Trinajstić information content (AvgIpc) is 2.55. The molecule has 0 radical (unpaired) electrons. The lowest BCUT2D eigenvalue weighted by Crippen LogP contribution is -2.54. The summed E-state index contributed by atoms with van der Waals surface area (Å²) in [6.45, 7) is 4.38. The van der Waals surface area contributed by atoms with Crippen LogP contribution in [0.5, 0.6) is 0 Å². The van der Waals surface area contributed by atoms with Gasteiger partial charge in [-0.2, -0.15) is 0 Å². The number of carbonyl (C=O) groups is 2. The number of carbonyl (C=O) groups excluding carboxylic acids is 2. The molecule has 1 saturated heterocycles. The number of anilines is 1. The summed E-state index contributed by atoms with van der Waals surface area (Å²) >= 11 is 0. The first-order valence-electron chi connectivity index (χ1n) is 7.35. The highest BCUT2D eigenvalue weighted by molar-refractivity contribution is 5.87. The van der Waals surface area contributed by atoms with Crippen LogP contribution in [0.15, 0.2) is 24.4 Å². The van der Waals surface area contributed by atoms with E-state index in [2.05, 4.69) is 15.2 Å². The summed E-state index contributed by atoms with van der Waals surface area (Å²) in [5, 5.41) is 2.64. The number of pyridine rings is 1. The van der Waals surface area contributed by atoms with Crippen molar-refractivity contribution in [1.82, 2.24) is 15.2 Å². The minimum Gasteiger partial charge on any atom is -0.375 e. The van der Waals surface area contributed by atoms with Gasteiger partial charge in [-0.15, -0.1) is 0 Å². The van der Waals surface area contributed by atoms with Gasteiger partial charge in [-0.05, 0) is 19.1 Å². The van der Waals surface area contributed by atoms with E-state index in [0.29, 0.717) is 13.1 Å². The molecule has 0 aromatic carbocycles. The molecule has 0 saturated carbocycles. The molecule has 7 heteroatoms. The topological polar surface area (TPSA) is 74.8 Å². The molecule has 0 spiro atoms. The third-order valence-corrected chi connectivity index (χ3v) is 3.59. The summed E-state index contributed by atoms with van der Waals surface area (Å²) < 4.78 is 4.74. The van der Waals surface area contributed by atoms with Gasteiger partial charge in [0.2, 0.25) is 11.8 Å². The lowest BCUT2D eigenvalue weighted by atomic mass is 10.2. The fraction of sp³-hybridized carbons (Fsp3) is 0.533. The van der Waals surface area contributed by atoms with Crippen molar-refractivity contribution >= 4 is 17.6 Å². The number of nitrogens with one attached hydrogen (secondary N) is 1. The summed E-state index contributed by atoms with van der Waals surface area (Å²) in [4.78, 5) is 32.0. The van der Waals surface area contributed by atoms with E-state index < -0.39 is 6.04 Å². The second-order valence-electron chi connectivity index (χ2n) is 5.22. The maximum absolute atomic E-state index is 12.3. The molecule has 1 fully saturated rings. The second kappa shape index (κ2) is 7.74. The summed E-state index contributed by atoms with van der Waals surface area (Å²) in [6, 6.07) is 5.26. The zero-order valence-corrected chi connectivity index (χ0v) is 13.0. The van der Waals surface area contributed by atoms with Crippen molar-refractivity contribution in [2.45, 2.75) is 13.0 Å². The highest BCUT2D eigenvalue weighted by Crippen LogP contribution is 2.13.